The van der Waals surface area contributed by atoms with Gasteiger partial charge in [0.1, 0.15) is 4.75 Å². The second-order valence-corrected chi connectivity index (χ2v) is 2.55. The molecule has 50 valence electrons. The van der Waals surface area contributed by atoms with Crippen LogP contribution in [0.5, 0.6) is 0 Å². The molecule has 0 atom stereocenters. The maximum Gasteiger partial charge on any atom is 0.297 e. The van der Waals surface area contributed by atoms with Crippen LogP contribution in [0, 0.1) is 0 Å². The average Bonchev–Trinajstić information content (AvgIpc) is 1.67. The zero-order chi connectivity index (χ0) is 6.78. The lowest BCUT2D eigenvalue weighted by Gasteiger charge is -1.93. The van der Waals surface area contributed by atoms with Crippen molar-refractivity contribution in [2.75, 3.05) is 6.01 Å². The van der Waals surface area contributed by atoms with Crippen molar-refractivity contribution in [3.8, 4) is 0 Å². The Hall–Kier alpha value is -0.300. The smallest absolute Gasteiger partial charge is 0.232 e. The van der Waals surface area contributed by atoms with Crippen LogP contribution in [-0.2, 0) is 10.0 Å². The van der Waals surface area contributed by atoms with Crippen LogP contribution in [0.15, 0.2) is 0 Å². The van der Waals surface area contributed by atoms with Crippen molar-refractivity contribution in [1.82, 2.24) is 4.75 Å². The Morgan fingerprint density at radius 2 is 1.75 bits per heavy atom. The Morgan fingerprint density at radius 1 is 1.38 bits per heavy atom. The van der Waals surface area contributed by atoms with Crippen LogP contribution in [0.4, 0.5) is 13.4 Å². The largest absolute Gasteiger partial charge is 0.297 e. The molecule has 0 bridgehead atoms. The molecule has 0 saturated heterocycles. The van der Waals surface area contributed by atoms with Gasteiger partial charge < -0.3 is 0 Å². The van der Waals surface area contributed by atoms with E-state index in [0.717, 1.165) is 0 Å². The normalized spacial score (nSPS) is 12.5. The standard InChI is InChI=1S/CH2F3NO2S/c2-1-8(6,7)5(3)4/h1H2. The molecule has 0 aromatic carbocycles. The van der Waals surface area contributed by atoms with Crippen molar-refractivity contribution in [1.29, 1.82) is 0 Å². The molecule has 0 spiro atoms. The Morgan fingerprint density at radius 3 is 1.75 bits per heavy atom. The molecule has 0 fully saturated rings. The van der Waals surface area contributed by atoms with E-state index in [1.54, 1.807) is 0 Å². The maximum absolute atomic E-state index is 10.9. The van der Waals surface area contributed by atoms with Gasteiger partial charge in [-0.15, -0.1) is 0 Å². The van der Waals surface area contributed by atoms with Crippen LogP contribution in [0.25, 0.3) is 0 Å². The maximum atomic E-state index is 10.9. The fourth-order valence-electron chi connectivity index (χ4n) is 0.0369. The van der Waals surface area contributed by atoms with Gasteiger partial charge in [0.15, 0.2) is 0 Å². The van der Waals surface area contributed by atoms with Crippen LogP contribution in [0.2, 0.25) is 0 Å². The van der Waals surface area contributed by atoms with E-state index < -0.39 is 20.8 Å². The van der Waals surface area contributed by atoms with E-state index in [-0.39, 0.29) is 0 Å². The molecule has 0 rings (SSSR count). The first-order chi connectivity index (χ1) is 3.50. The van der Waals surface area contributed by atoms with E-state index in [1.165, 1.54) is 0 Å². The lowest BCUT2D eigenvalue weighted by Crippen LogP contribution is -2.15. The van der Waals surface area contributed by atoms with Gasteiger partial charge in [-0.3, -0.25) is 0 Å². The van der Waals surface area contributed by atoms with E-state index in [4.69, 9.17) is 0 Å². The predicted molar refractivity (Wildman–Crippen MR) is 18.9 cm³/mol. The van der Waals surface area contributed by atoms with Gasteiger partial charge in [0.05, 0.1) is 0 Å². The molecule has 0 aliphatic heterocycles. The van der Waals surface area contributed by atoms with Gasteiger partial charge in [-0.25, -0.2) is 12.8 Å². The topological polar surface area (TPSA) is 37.4 Å². The van der Waals surface area contributed by atoms with Crippen LogP contribution in [0.1, 0.15) is 0 Å². The Kier molecular flexibility index (Phi) is 2.23. The summed E-state index contributed by atoms with van der Waals surface area (Å²) in [6.45, 7) is 0. The summed E-state index contributed by atoms with van der Waals surface area (Å²) in [5.74, 6) is 0. The summed E-state index contributed by atoms with van der Waals surface area (Å²) in [7, 11) is -4.90. The lowest BCUT2D eigenvalue weighted by molar-refractivity contribution is -0.0547. The van der Waals surface area contributed by atoms with E-state index in [9.17, 15) is 21.8 Å². The average molecular weight is 149 g/mol. The van der Waals surface area contributed by atoms with Crippen molar-refractivity contribution in [2.45, 2.75) is 0 Å². The molecule has 0 saturated carbocycles. The second kappa shape index (κ2) is 2.31. The summed E-state index contributed by atoms with van der Waals surface area (Å²) >= 11 is 0. The molecule has 0 aromatic rings. The zero-order valence-electron chi connectivity index (χ0n) is 3.51. The fourth-order valence-corrected chi connectivity index (χ4v) is 0.111. The Balaban J connectivity index is 4.17. The van der Waals surface area contributed by atoms with Crippen molar-refractivity contribution < 1.29 is 21.8 Å². The minimum atomic E-state index is -4.90. The molecule has 0 aliphatic carbocycles. The number of alkyl halides is 1. The number of hydrogen-bond donors (Lipinski definition) is 0. The molecular formula is CH2F3NO2S. The first-order valence-electron chi connectivity index (χ1n) is 1.41. The summed E-state index contributed by atoms with van der Waals surface area (Å²) < 4.78 is 49.4. The number of rotatable bonds is 2. The molecule has 0 amide bonds. The molecule has 0 aromatic heterocycles. The summed E-state index contributed by atoms with van der Waals surface area (Å²) in [5.41, 5.74) is 0. The first kappa shape index (κ1) is 7.70. The second-order valence-electron chi connectivity index (χ2n) is 0.893. The fraction of sp³-hybridized carbons (Fsp3) is 1.00. The summed E-state index contributed by atoms with van der Waals surface area (Å²) in [4.78, 5) is 0. The first-order valence-corrected chi connectivity index (χ1v) is 3.02. The molecule has 0 heterocycles. The van der Waals surface area contributed by atoms with Crippen LogP contribution < -0.4 is 0 Å². The number of nitrogens with zero attached hydrogens (tertiary/aromatic N) is 1. The van der Waals surface area contributed by atoms with Gasteiger partial charge in [0.25, 0.3) is 10.0 Å². The highest BCUT2D eigenvalue weighted by atomic mass is 32.2. The Labute approximate surface area is 43.6 Å². The number of hydrogen-bond acceptors (Lipinski definition) is 2. The van der Waals surface area contributed by atoms with Gasteiger partial charge in [0, 0.05) is 0 Å². The minimum absolute atomic E-state index is 2.07. The van der Waals surface area contributed by atoms with E-state index in [2.05, 4.69) is 0 Å². The van der Waals surface area contributed by atoms with Crippen molar-refractivity contribution in [3.05, 3.63) is 0 Å². The summed E-state index contributed by atoms with van der Waals surface area (Å²) in [6, 6.07) is -2.07. The molecule has 0 unspecified atom stereocenters. The van der Waals surface area contributed by atoms with Crippen molar-refractivity contribution in [2.24, 2.45) is 0 Å². The monoisotopic (exact) mass is 149 g/mol. The zero-order valence-corrected chi connectivity index (χ0v) is 4.33. The van der Waals surface area contributed by atoms with E-state index in [0.29, 0.717) is 0 Å². The highest BCUT2D eigenvalue weighted by Crippen LogP contribution is 2.01. The number of sulfonamides is 1. The van der Waals surface area contributed by atoms with Gasteiger partial charge >= 0.3 is 0 Å². The molecule has 0 N–H and O–H groups in total. The van der Waals surface area contributed by atoms with Gasteiger partial charge in [-0.05, 0) is 0 Å². The SMILES string of the molecule is O=S(=O)(CF)N(F)F. The summed E-state index contributed by atoms with van der Waals surface area (Å²) in [6.07, 6.45) is 0. The predicted octanol–water partition coefficient (Wildman–Crippen LogP) is 0.314. The molecule has 0 radical (unpaired) electrons. The van der Waals surface area contributed by atoms with Crippen molar-refractivity contribution in [3.63, 3.8) is 0 Å². The molecular weight excluding hydrogens is 147 g/mol. The van der Waals surface area contributed by atoms with Crippen molar-refractivity contribution >= 4 is 10.0 Å². The molecule has 8 heavy (non-hydrogen) atoms. The molecule has 7 heteroatoms. The van der Waals surface area contributed by atoms with Crippen LogP contribution in [-0.4, -0.2) is 19.2 Å². The third-order valence-electron chi connectivity index (χ3n) is 0.348. The summed E-state index contributed by atoms with van der Waals surface area (Å²) in [5, 5.41) is 0. The van der Waals surface area contributed by atoms with E-state index >= 15 is 0 Å². The third-order valence-corrected chi connectivity index (χ3v) is 1.04. The number of halogens is 3. The van der Waals surface area contributed by atoms with Crippen LogP contribution >= 0.6 is 0 Å². The third kappa shape index (κ3) is 1.66. The van der Waals surface area contributed by atoms with Crippen LogP contribution in [0.3, 0.4) is 0 Å². The highest BCUT2D eigenvalue weighted by molar-refractivity contribution is 7.88. The highest BCUT2D eigenvalue weighted by Gasteiger charge is 2.20. The molecule has 0 aliphatic rings. The van der Waals surface area contributed by atoms with Gasteiger partial charge in [-0.2, -0.15) is 0 Å². The van der Waals surface area contributed by atoms with Gasteiger partial charge in [0.2, 0.25) is 6.01 Å². The quantitative estimate of drug-likeness (QED) is 0.530. The van der Waals surface area contributed by atoms with Gasteiger partial charge in [-0.1, -0.05) is 8.96 Å². The minimum Gasteiger partial charge on any atom is -0.232 e. The lowest BCUT2D eigenvalue weighted by atomic mass is 11.8. The Bertz CT molecular complexity index is 151. The van der Waals surface area contributed by atoms with E-state index in [1.807, 2.05) is 0 Å². The molecule has 3 nitrogen and oxygen atoms in total.